The Morgan fingerprint density at radius 1 is 1.00 bits per heavy atom. The fourth-order valence-electron chi connectivity index (χ4n) is 1.72. The molecule has 0 aromatic heterocycles. The molecule has 0 saturated heterocycles. The van der Waals surface area contributed by atoms with Gasteiger partial charge in [-0.25, -0.2) is 0 Å². The summed E-state index contributed by atoms with van der Waals surface area (Å²) in [6.07, 6.45) is -1.12. The van der Waals surface area contributed by atoms with E-state index >= 15 is 0 Å². The minimum absolute atomic E-state index is 0. The van der Waals surface area contributed by atoms with Crippen molar-refractivity contribution >= 4 is 18.8 Å². The van der Waals surface area contributed by atoms with Gasteiger partial charge < -0.3 is 12.9 Å². The molecule has 1 heterocycles. The first-order valence-corrected chi connectivity index (χ1v) is 5.06. The number of amides is 2. The summed E-state index contributed by atoms with van der Waals surface area (Å²) in [6.45, 7) is -5.59. The van der Waals surface area contributed by atoms with Crippen molar-refractivity contribution in [1.29, 1.82) is 0 Å². The average molecular weight is 281 g/mol. The molecule has 0 N–H and O–H groups in total. The van der Waals surface area contributed by atoms with Crippen LogP contribution < -0.4 is 51.4 Å². The van der Waals surface area contributed by atoms with E-state index in [1.807, 2.05) is 0 Å². The topological polar surface area (TPSA) is 37.4 Å². The van der Waals surface area contributed by atoms with Crippen molar-refractivity contribution in [2.75, 3.05) is 6.54 Å². The third-order valence-corrected chi connectivity index (χ3v) is 2.56. The molecule has 0 unspecified atom stereocenters. The molecule has 1 aromatic carbocycles. The number of carbonyl (C=O) groups is 2. The Morgan fingerprint density at radius 3 is 1.83 bits per heavy atom. The van der Waals surface area contributed by atoms with Crippen LogP contribution in [0.5, 0.6) is 0 Å². The van der Waals surface area contributed by atoms with Crippen LogP contribution in [-0.4, -0.2) is 30.2 Å². The number of hydrogen-bond donors (Lipinski definition) is 0. The molecule has 0 atom stereocenters. The third kappa shape index (κ3) is 3.24. The molecule has 18 heavy (non-hydrogen) atoms. The molecule has 3 nitrogen and oxygen atoms in total. The van der Waals surface area contributed by atoms with Gasteiger partial charge in [0.2, 0.25) is 0 Å². The van der Waals surface area contributed by atoms with Crippen molar-refractivity contribution in [3.63, 3.8) is 0 Å². The summed E-state index contributed by atoms with van der Waals surface area (Å²) in [6, 6.07) is 6.02. The van der Waals surface area contributed by atoms with Gasteiger partial charge in [0.05, 0.1) is 11.1 Å². The molecule has 0 fully saturated rings. The number of imide groups is 1. The Hall–Kier alpha value is -0.149. The third-order valence-electron chi connectivity index (χ3n) is 2.56. The standard InChI is InChI=1S/C10H8BF3NO2.K/c12-11(13,14)5-6-15-9(16)7-3-1-2-4-8(7)10(15)17;/h1-4H,5-6H2;/q-1;+1. The molecule has 0 bridgehead atoms. The summed E-state index contributed by atoms with van der Waals surface area (Å²) in [5.41, 5.74) is 0.347. The second-order valence-electron chi connectivity index (χ2n) is 3.81. The van der Waals surface area contributed by atoms with Crippen molar-refractivity contribution in [2.45, 2.75) is 6.32 Å². The molecule has 0 aliphatic carbocycles. The predicted molar refractivity (Wildman–Crippen MR) is 55.7 cm³/mol. The van der Waals surface area contributed by atoms with Crippen LogP contribution in [-0.2, 0) is 0 Å². The molecule has 0 radical (unpaired) electrons. The number of hydrogen-bond acceptors (Lipinski definition) is 2. The van der Waals surface area contributed by atoms with Gasteiger partial charge in [0, 0.05) is 6.54 Å². The molecule has 1 aliphatic rings. The number of carbonyl (C=O) groups excluding carboxylic acids is 2. The van der Waals surface area contributed by atoms with Crippen LogP contribution in [0.2, 0.25) is 6.32 Å². The van der Waals surface area contributed by atoms with Gasteiger partial charge in [-0.15, -0.1) is 0 Å². The van der Waals surface area contributed by atoms with Crippen LogP contribution in [0.15, 0.2) is 24.3 Å². The average Bonchev–Trinajstić information content (AvgIpc) is 2.49. The zero-order chi connectivity index (χ0) is 12.6. The number of fused-ring (bicyclic) bond motifs is 1. The number of rotatable bonds is 3. The summed E-state index contributed by atoms with van der Waals surface area (Å²) < 4.78 is 36.3. The predicted octanol–water partition coefficient (Wildman–Crippen LogP) is -0.866. The molecule has 8 heteroatoms. The van der Waals surface area contributed by atoms with Crippen molar-refractivity contribution in [1.82, 2.24) is 4.90 Å². The van der Waals surface area contributed by atoms with Crippen molar-refractivity contribution in [3.05, 3.63) is 35.4 Å². The van der Waals surface area contributed by atoms with Gasteiger partial charge in [-0.1, -0.05) is 18.5 Å². The maximum absolute atomic E-state index is 12.1. The molecule has 1 aliphatic heterocycles. The van der Waals surface area contributed by atoms with E-state index in [1.165, 1.54) is 12.1 Å². The quantitative estimate of drug-likeness (QED) is 0.534. The SMILES string of the molecule is O=C1c2ccccc2C(=O)N1CC[B-](F)(F)F.[K+]. The van der Waals surface area contributed by atoms with Crippen LogP contribution in [0.25, 0.3) is 0 Å². The Balaban J connectivity index is 0.00000162. The Labute approximate surface area is 144 Å². The van der Waals surface area contributed by atoms with Crippen LogP contribution >= 0.6 is 0 Å². The second-order valence-corrected chi connectivity index (χ2v) is 3.81. The van der Waals surface area contributed by atoms with Gasteiger partial charge in [-0.3, -0.25) is 14.5 Å². The summed E-state index contributed by atoms with van der Waals surface area (Å²) in [4.78, 5) is 24.0. The number of benzene rings is 1. The van der Waals surface area contributed by atoms with Gasteiger partial charge in [0.1, 0.15) is 0 Å². The molecule has 0 spiro atoms. The van der Waals surface area contributed by atoms with Gasteiger partial charge >= 0.3 is 58.4 Å². The normalized spacial score (nSPS) is 14.5. The first kappa shape index (κ1) is 15.9. The van der Waals surface area contributed by atoms with E-state index in [0.29, 0.717) is 4.90 Å². The van der Waals surface area contributed by atoms with E-state index in [9.17, 15) is 22.5 Å². The van der Waals surface area contributed by atoms with E-state index < -0.39 is 31.7 Å². The van der Waals surface area contributed by atoms with E-state index in [4.69, 9.17) is 0 Å². The van der Waals surface area contributed by atoms with Crippen molar-refractivity contribution in [3.8, 4) is 0 Å². The molecular formula is C10H8BF3KNO2. The molecule has 90 valence electrons. The van der Waals surface area contributed by atoms with Crippen LogP contribution in [0, 0.1) is 0 Å². The summed E-state index contributed by atoms with van der Waals surface area (Å²) in [5.74, 6) is -1.30. The van der Waals surface area contributed by atoms with Gasteiger partial charge in [-0.2, -0.15) is 0 Å². The molecule has 2 rings (SSSR count). The van der Waals surface area contributed by atoms with Crippen LogP contribution in [0.1, 0.15) is 20.7 Å². The number of nitrogens with zero attached hydrogens (tertiary/aromatic N) is 1. The minimum Gasteiger partial charge on any atom is -0.449 e. The van der Waals surface area contributed by atoms with Crippen molar-refractivity contribution in [2.24, 2.45) is 0 Å². The maximum Gasteiger partial charge on any atom is 1.00 e. The van der Waals surface area contributed by atoms with E-state index in [-0.39, 0.29) is 62.5 Å². The first-order valence-electron chi connectivity index (χ1n) is 5.06. The van der Waals surface area contributed by atoms with Crippen LogP contribution in [0.4, 0.5) is 12.9 Å². The Kier molecular flexibility index (Phi) is 5.19. The summed E-state index contributed by atoms with van der Waals surface area (Å²) >= 11 is 0. The number of halogens is 3. The van der Waals surface area contributed by atoms with E-state index in [2.05, 4.69) is 0 Å². The van der Waals surface area contributed by atoms with Gasteiger partial charge in [0.15, 0.2) is 0 Å². The monoisotopic (exact) mass is 281 g/mol. The molecule has 2 amide bonds. The second kappa shape index (κ2) is 5.87. The maximum atomic E-state index is 12.1. The van der Waals surface area contributed by atoms with Gasteiger partial charge in [-0.05, 0) is 12.1 Å². The van der Waals surface area contributed by atoms with Gasteiger partial charge in [0.25, 0.3) is 11.8 Å². The van der Waals surface area contributed by atoms with E-state index in [1.54, 1.807) is 12.1 Å². The Morgan fingerprint density at radius 2 is 1.44 bits per heavy atom. The molecular weight excluding hydrogens is 273 g/mol. The zero-order valence-electron chi connectivity index (χ0n) is 9.70. The smallest absolute Gasteiger partial charge is 0.449 e. The molecule has 1 aromatic rings. The fraction of sp³-hybridized carbons (Fsp3) is 0.200. The minimum atomic E-state index is -4.99. The Bertz CT molecular complexity index is 457. The fourth-order valence-corrected chi connectivity index (χ4v) is 1.72. The van der Waals surface area contributed by atoms with E-state index in [0.717, 1.165) is 0 Å². The van der Waals surface area contributed by atoms with Crippen molar-refractivity contribution < 1.29 is 73.9 Å². The zero-order valence-corrected chi connectivity index (χ0v) is 12.8. The van der Waals surface area contributed by atoms with Crippen LogP contribution in [0.3, 0.4) is 0 Å². The summed E-state index contributed by atoms with van der Waals surface area (Å²) in [5, 5.41) is 0. The largest absolute Gasteiger partial charge is 1.00 e. The first-order chi connectivity index (χ1) is 7.90. The molecule has 0 saturated carbocycles. The summed E-state index contributed by atoms with van der Waals surface area (Å²) in [7, 11) is 0.